The monoisotopic (exact) mass is 406 g/mol. The molecule has 1 aromatic heterocycles. The van der Waals surface area contributed by atoms with Crippen LogP contribution in [0.5, 0.6) is 5.75 Å². The van der Waals surface area contributed by atoms with Gasteiger partial charge in [-0.2, -0.15) is 13.2 Å². The fourth-order valence-electron chi connectivity index (χ4n) is 2.73. The van der Waals surface area contributed by atoms with Gasteiger partial charge in [0.1, 0.15) is 29.6 Å². The fraction of sp³-hybridized carbons (Fsp3) is 0.375. The summed E-state index contributed by atoms with van der Waals surface area (Å²) in [4.78, 5) is 22.5. The van der Waals surface area contributed by atoms with Gasteiger partial charge in [0, 0.05) is 17.5 Å². The van der Waals surface area contributed by atoms with Crippen molar-refractivity contribution >= 4 is 16.9 Å². The molecule has 1 aliphatic heterocycles. The number of carboxylic acid groups (broad SMARTS) is 1. The Morgan fingerprint density at radius 1 is 1.07 bits per heavy atom. The summed E-state index contributed by atoms with van der Waals surface area (Å²) < 4.78 is 54.0. The molecule has 5 unspecified atom stereocenters. The lowest BCUT2D eigenvalue weighted by Gasteiger charge is -2.38. The highest BCUT2D eigenvalue weighted by Gasteiger charge is 2.48. The maximum absolute atomic E-state index is 13.0. The molecule has 9 nitrogen and oxygen atoms in total. The van der Waals surface area contributed by atoms with E-state index < -0.39 is 65.0 Å². The molecule has 0 amide bonds. The number of aliphatic hydroxyl groups excluding tert-OH is 3. The Morgan fingerprint density at radius 2 is 1.75 bits per heavy atom. The van der Waals surface area contributed by atoms with E-state index in [9.17, 15) is 38.1 Å². The maximum atomic E-state index is 13.0. The van der Waals surface area contributed by atoms with Gasteiger partial charge < -0.3 is 34.3 Å². The number of carboxylic acids is 1. The van der Waals surface area contributed by atoms with E-state index in [2.05, 4.69) is 0 Å². The van der Waals surface area contributed by atoms with Gasteiger partial charge in [-0.3, -0.25) is 0 Å². The first-order chi connectivity index (χ1) is 13.0. The lowest BCUT2D eigenvalue weighted by molar-refractivity contribution is -0.271. The highest BCUT2D eigenvalue weighted by molar-refractivity contribution is 5.82. The molecule has 4 N–H and O–H groups in total. The second kappa shape index (κ2) is 7.05. The number of rotatable bonds is 3. The zero-order valence-electron chi connectivity index (χ0n) is 13.7. The normalized spacial score (nSPS) is 28.3. The number of alkyl halides is 3. The largest absolute Gasteiger partial charge is 0.479 e. The zero-order valence-corrected chi connectivity index (χ0v) is 13.7. The van der Waals surface area contributed by atoms with Crippen LogP contribution < -0.4 is 10.4 Å². The van der Waals surface area contributed by atoms with Crippen molar-refractivity contribution in [1.29, 1.82) is 0 Å². The third-order valence-corrected chi connectivity index (χ3v) is 4.09. The first-order valence-corrected chi connectivity index (χ1v) is 7.73. The maximum Gasteiger partial charge on any atom is 0.417 e. The second-order valence-corrected chi connectivity index (χ2v) is 5.99. The minimum atomic E-state index is -4.81. The Morgan fingerprint density at radius 3 is 2.36 bits per heavy atom. The average Bonchev–Trinajstić information content (AvgIpc) is 2.60. The number of aliphatic hydroxyl groups is 3. The van der Waals surface area contributed by atoms with Crippen molar-refractivity contribution in [1.82, 2.24) is 0 Å². The van der Waals surface area contributed by atoms with Crippen LogP contribution in [0.25, 0.3) is 11.0 Å². The third-order valence-electron chi connectivity index (χ3n) is 4.09. The topological polar surface area (TPSA) is 147 Å². The summed E-state index contributed by atoms with van der Waals surface area (Å²) in [6.07, 6.45) is -14.2. The summed E-state index contributed by atoms with van der Waals surface area (Å²) in [6, 6.07) is 3.20. The van der Waals surface area contributed by atoms with Crippen molar-refractivity contribution in [3.8, 4) is 5.75 Å². The smallest absolute Gasteiger partial charge is 0.417 e. The molecular formula is C16H13F3O9. The van der Waals surface area contributed by atoms with E-state index in [4.69, 9.17) is 19.0 Å². The van der Waals surface area contributed by atoms with Gasteiger partial charge in [-0.25, -0.2) is 9.59 Å². The predicted molar refractivity (Wildman–Crippen MR) is 82.4 cm³/mol. The van der Waals surface area contributed by atoms with E-state index in [1.807, 2.05) is 0 Å². The zero-order chi connectivity index (χ0) is 20.8. The number of hydrogen-bond acceptors (Lipinski definition) is 8. The van der Waals surface area contributed by atoms with Gasteiger partial charge in [0.2, 0.25) is 6.29 Å². The number of aliphatic carboxylic acids is 1. The molecule has 152 valence electrons. The van der Waals surface area contributed by atoms with Crippen molar-refractivity contribution in [3.63, 3.8) is 0 Å². The molecule has 2 aromatic rings. The molecule has 1 fully saturated rings. The molecule has 0 aliphatic carbocycles. The first kappa shape index (κ1) is 20.1. The number of halogens is 3. The van der Waals surface area contributed by atoms with E-state index >= 15 is 0 Å². The van der Waals surface area contributed by atoms with Gasteiger partial charge in [0.25, 0.3) is 0 Å². The van der Waals surface area contributed by atoms with Crippen molar-refractivity contribution in [2.45, 2.75) is 36.9 Å². The average molecular weight is 406 g/mol. The fourth-order valence-corrected chi connectivity index (χ4v) is 2.73. The van der Waals surface area contributed by atoms with Crippen LogP contribution in [0.4, 0.5) is 13.2 Å². The Bertz CT molecular complexity index is 955. The molecule has 0 radical (unpaired) electrons. The van der Waals surface area contributed by atoms with Crippen molar-refractivity contribution < 1.29 is 52.3 Å². The van der Waals surface area contributed by atoms with Crippen LogP contribution in [0.3, 0.4) is 0 Å². The van der Waals surface area contributed by atoms with Gasteiger partial charge >= 0.3 is 17.8 Å². The molecule has 1 aromatic carbocycles. The highest BCUT2D eigenvalue weighted by atomic mass is 19.4. The highest BCUT2D eigenvalue weighted by Crippen LogP contribution is 2.35. The van der Waals surface area contributed by atoms with E-state index in [-0.39, 0.29) is 5.75 Å². The summed E-state index contributed by atoms with van der Waals surface area (Å²) >= 11 is 0. The molecule has 28 heavy (non-hydrogen) atoms. The quantitative estimate of drug-likeness (QED) is 0.521. The molecule has 3 rings (SSSR count). The SMILES string of the molecule is O=C(O)C1OC(Oc2ccc3c(C(F)(F)F)cc(=O)oc3c2)C(O)C(O)C1O. The lowest BCUT2D eigenvalue weighted by atomic mass is 9.99. The van der Waals surface area contributed by atoms with Crippen LogP contribution >= 0.6 is 0 Å². The Balaban J connectivity index is 1.94. The number of fused-ring (bicyclic) bond motifs is 1. The summed E-state index contributed by atoms with van der Waals surface area (Å²) in [6.45, 7) is 0. The molecule has 1 aliphatic rings. The molecule has 2 heterocycles. The molecule has 12 heteroatoms. The minimum Gasteiger partial charge on any atom is -0.479 e. The van der Waals surface area contributed by atoms with Gasteiger partial charge in [-0.15, -0.1) is 0 Å². The van der Waals surface area contributed by atoms with E-state index in [1.54, 1.807) is 0 Å². The van der Waals surface area contributed by atoms with Crippen LogP contribution in [-0.2, 0) is 15.7 Å². The molecule has 0 saturated carbocycles. The van der Waals surface area contributed by atoms with Crippen LogP contribution in [0, 0.1) is 0 Å². The lowest BCUT2D eigenvalue weighted by Crippen LogP contribution is -2.61. The van der Waals surface area contributed by atoms with Gasteiger partial charge in [-0.05, 0) is 12.1 Å². The van der Waals surface area contributed by atoms with E-state index in [0.29, 0.717) is 6.07 Å². The number of ether oxygens (including phenoxy) is 2. The molecule has 1 saturated heterocycles. The predicted octanol–water partition coefficient (Wildman–Crippen LogP) is 0.0828. The number of hydrogen-bond donors (Lipinski definition) is 4. The standard InChI is InChI=1S/C16H13F3O9/c17-16(18,19)7-4-9(20)27-8-3-5(1-2-6(7)8)26-15-12(23)10(21)11(22)13(28-15)14(24)25/h1-4,10-13,15,21-23H,(H,24,25). The van der Waals surface area contributed by atoms with Crippen LogP contribution in [0.15, 0.2) is 33.5 Å². The summed E-state index contributed by atoms with van der Waals surface area (Å²) in [5, 5.41) is 37.8. The van der Waals surface area contributed by atoms with Crippen molar-refractivity contribution in [3.05, 3.63) is 40.2 Å². The first-order valence-electron chi connectivity index (χ1n) is 7.73. The van der Waals surface area contributed by atoms with Crippen LogP contribution in [-0.4, -0.2) is 57.1 Å². The van der Waals surface area contributed by atoms with Crippen LogP contribution in [0.2, 0.25) is 0 Å². The van der Waals surface area contributed by atoms with Gasteiger partial charge in [-0.1, -0.05) is 0 Å². The number of benzene rings is 1. The Kier molecular flexibility index (Phi) is 5.06. The number of carbonyl (C=O) groups is 1. The molecule has 5 atom stereocenters. The Labute approximate surface area is 153 Å². The molecule has 0 bridgehead atoms. The van der Waals surface area contributed by atoms with Crippen molar-refractivity contribution in [2.24, 2.45) is 0 Å². The summed E-state index contributed by atoms with van der Waals surface area (Å²) in [5.74, 6) is -1.88. The molecule has 0 spiro atoms. The minimum absolute atomic E-state index is 0.244. The van der Waals surface area contributed by atoms with Gasteiger partial charge in [0.15, 0.2) is 6.10 Å². The van der Waals surface area contributed by atoms with Crippen LogP contribution in [0.1, 0.15) is 5.56 Å². The third kappa shape index (κ3) is 3.67. The van der Waals surface area contributed by atoms with Crippen molar-refractivity contribution in [2.75, 3.05) is 0 Å². The van der Waals surface area contributed by atoms with Gasteiger partial charge in [0.05, 0.1) is 5.56 Å². The summed E-state index contributed by atoms with van der Waals surface area (Å²) in [5.41, 5.74) is -2.95. The van der Waals surface area contributed by atoms with E-state index in [1.165, 1.54) is 0 Å². The molecular weight excluding hydrogens is 393 g/mol. The van der Waals surface area contributed by atoms with E-state index in [0.717, 1.165) is 18.2 Å². The summed E-state index contributed by atoms with van der Waals surface area (Å²) in [7, 11) is 0. The Hall–Kier alpha value is -2.67. The second-order valence-electron chi connectivity index (χ2n) is 5.99.